The Hall–Kier alpha value is -1.83. The van der Waals surface area contributed by atoms with Gasteiger partial charge in [0.1, 0.15) is 5.75 Å². The summed E-state index contributed by atoms with van der Waals surface area (Å²) >= 11 is 0. The Kier molecular flexibility index (Phi) is 2.88. The van der Waals surface area contributed by atoms with Crippen LogP contribution in [0.3, 0.4) is 0 Å². The molecule has 0 bridgehead atoms. The van der Waals surface area contributed by atoms with Crippen molar-refractivity contribution in [2.75, 3.05) is 0 Å². The van der Waals surface area contributed by atoms with Gasteiger partial charge in [0.15, 0.2) is 0 Å². The van der Waals surface area contributed by atoms with Crippen LogP contribution in [0, 0.1) is 5.41 Å². The SMILES string of the molecule is CC(C)(C)C(=O)Oc1ccc2cccccc1-2. The van der Waals surface area contributed by atoms with E-state index < -0.39 is 5.41 Å². The lowest BCUT2D eigenvalue weighted by Crippen LogP contribution is -2.25. The first-order valence-electron chi connectivity index (χ1n) is 5.68. The molecule has 0 saturated heterocycles. The second-order valence-electron chi connectivity index (χ2n) is 5.12. The van der Waals surface area contributed by atoms with Gasteiger partial charge in [0.25, 0.3) is 0 Å². The monoisotopic (exact) mass is 228 g/mol. The van der Waals surface area contributed by atoms with Crippen LogP contribution in [-0.2, 0) is 4.79 Å². The molecule has 2 aliphatic rings. The maximum absolute atomic E-state index is 11.8. The lowest BCUT2D eigenvalue weighted by molar-refractivity contribution is -0.142. The normalized spacial score (nSPS) is 11.5. The summed E-state index contributed by atoms with van der Waals surface area (Å²) in [5.41, 5.74) is 1.56. The van der Waals surface area contributed by atoms with E-state index in [0.29, 0.717) is 5.75 Å². The highest BCUT2D eigenvalue weighted by molar-refractivity contribution is 5.82. The molecule has 0 N–H and O–H groups in total. The fourth-order valence-electron chi connectivity index (χ4n) is 1.53. The van der Waals surface area contributed by atoms with Crippen LogP contribution in [0.5, 0.6) is 5.75 Å². The number of hydrogen-bond acceptors (Lipinski definition) is 2. The van der Waals surface area contributed by atoms with Gasteiger partial charge >= 0.3 is 5.97 Å². The highest BCUT2D eigenvalue weighted by atomic mass is 16.5. The van der Waals surface area contributed by atoms with E-state index in [0.717, 1.165) is 11.1 Å². The van der Waals surface area contributed by atoms with E-state index in [1.54, 1.807) is 0 Å². The fraction of sp³-hybridized carbons (Fsp3) is 0.267. The van der Waals surface area contributed by atoms with Crippen molar-refractivity contribution >= 4 is 5.97 Å². The van der Waals surface area contributed by atoms with Gasteiger partial charge in [-0.2, -0.15) is 0 Å². The number of carbonyl (C=O) groups excluding carboxylic acids is 1. The molecule has 0 aromatic carbocycles. The standard InChI is InChI=1S/C15H16O2/c1-15(2,3)14(16)17-13-10-9-11-7-5-4-6-8-12(11)13/h4-10H,1-3H3. The van der Waals surface area contributed by atoms with Crippen LogP contribution in [0.2, 0.25) is 0 Å². The summed E-state index contributed by atoms with van der Waals surface area (Å²) in [6, 6.07) is 13.6. The summed E-state index contributed by atoms with van der Waals surface area (Å²) in [5, 5.41) is 0. The molecule has 0 atom stereocenters. The van der Waals surface area contributed by atoms with Crippen molar-refractivity contribution in [1.82, 2.24) is 0 Å². The van der Waals surface area contributed by atoms with Crippen molar-refractivity contribution in [3.63, 3.8) is 0 Å². The van der Waals surface area contributed by atoms with Gasteiger partial charge in [0.2, 0.25) is 0 Å². The van der Waals surface area contributed by atoms with Crippen molar-refractivity contribution in [3.05, 3.63) is 42.5 Å². The van der Waals surface area contributed by atoms with Crippen LogP contribution in [-0.4, -0.2) is 5.97 Å². The number of ether oxygens (including phenoxy) is 1. The van der Waals surface area contributed by atoms with Crippen molar-refractivity contribution in [2.45, 2.75) is 20.8 Å². The molecule has 0 heterocycles. The molecule has 0 unspecified atom stereocenters. The molecule has 0 spiro atoms. The number of fused-ring (bicyclic) bond motifs is 1. The predicted molar refractivity (Wildman–Crippen MR) is 68.2 cm³/mol. The molecule has 17 heavy (non-hydrogen) atoms. The van der Waals surface area contributed by atoms with Crippen LogP contribution in [0.4, 0.5) is 0 Å². The second-order valence-corrected chi connectivity index (χ2v) is 5.12. The molecule has 0 aromatic rings. The molecule has 2 rings (SSSR count). The van der Waals surface area contributed by atoms with Crippen molar-refractivity contribution < 1.29 is 9.53 Å². The Bertz CT molecular complexity index is 509. The summed E-state index contributed by atoms with van der Waals surface area (Å²) < 4.78 is 5.43. The first kappa shape index (κ1) is 11.6. The minimum absolute atomic E-state index is 0.212. The molecular weight excluding hydrogens is 212 g/mol. The fourth-order valence-corrected chi connectivity index (χ4v) is 1.53. The van der Waals surface area contributed by atoms with Gasteiger partial charge < -0.3 is 4.74 Å². The van der Waals surface area contributed by atoms with Crippen LogP contribution in [0.1, 0.15) is 20.8 Å². The molecular formula is C15H16O2. The smallest absolute Gasteiger partial charge is 0.316 e. The summed E-state index contributed by atoms with van der Waals surface area (Å²) in [4.78, 5) is 11.8. The van der Waals surface area contributed by atoms with Gasteiger partial charge in [-0.1, -0.05) is 36.4 Å². The Morgan fingerprint density at radius 2 is 1.71 bits per heavy atom. The van der Waals surface area contributed by atoms with Crippen LogP contribution < -0.4 is 4.74 Å². The minimum Gasteiger partial charge on any atom is -0.425 e. The lowest BCUT2D eigenvalue weighted by Gasteiger charge is -2.16. The molecule has 2 heteroatoms. The third-order valence-corrected chi connectivity index (χ3v) is 2.57. The second kappa shape index (κ2) is 4.21. The lowest BCUT2D eigenvalue weighted by atomic mass is 9.97. The zero-order chi connectivity index (χ0) is 12.5. The first-order valence-corrected chi connectivity index (χ1v) is 5.68. The van der Waals surface area contributed by atoms with E-state index >= 15 is 0 Å². The van der Waals surface area contributed by atoms with E-state index in [9.17, 15) is 4.79 Å². The van der Waals surface area contributed by atoms with Crippen LogP contribution in [0.15, 0.2) is 42.5 Å². The van der Waals surface area contributed by atoms with E-state index in [-0.39, 0.29) is 5.97 Å². The maximum Gasteiger partial charge on any atom is 0.316 e. The molecule has 0 amide bonds. The summed E-state index contributed by atoms with van der Waals surface area (Å²) in [7, 11) is 0. The Labute approximate surface area is 102 Å². The zero-order valence-electron chi connectivity index (χ0n) is 10.4. The topological polar surface area (TPSA) is 26.3 Å². The Balaban J connectivity index is 2.31. The number of rotatable bonds is 1. The average Bonchev–Trinajstić information content (AvgIpc) is 2.48. The minimum atomic E-state index is -0.486. The van der Waals surface area contributed by atoms with Gasteiger partial charge in [-0.15, -0.1) is 0 Å². The van der Waals surface area contributed by atoms with Crippen LogP contribution in [0.25, 0.3) is 11.1 Å². The maximum atomic E-state index is 11.8. The number of carbonyl (C=O) groups is 1. The third kappa shape index (κ3) is 2.47. The molecule has 0 aromatic heterocycles. The summed E-state index contributed by atoms with van der Waals surface area (Å²) in [6.45, 7) is 5.54. The van der Waals surface area contributed by atoms with Crippen molar-refractivity contribution in [3.8, 4) is 16.9 Å². The molecule has 0 saturated carbocycles. The van der Waals surface area contributed by atoms with Gasteiger partial charge in [-0.25, -0.2) is 0 Å². The highest BCUT2D eigenvalue weighted by Crippen LogP contribution is 2.34. The van der Waals surface area contributed by atoms with Gasteiger partial charge in [-0.3, -0.25) is 4.79 Å². The Morgan fingerprint density at radius 1 is 1.00 bits per heavy atom. The van der Waals surface area contributed by atoms with Gasteiger partial charge in [0, 0.05) is 5.56 Å². The predicted octanol–water partition coefficient (Wildman–Crippen LogP) is 3.74. The summed E-state index contributed by atoms with van der Waals surface area (Å²) in [5.74, 6) is 0.424. The van der Waals surface area contributed by atoms with E-state index in [1.807, 2.05) is 63.2 Å². The average molecular weight is 228 g/mol. The summed E-state index contributed by atoms with van der Waals surface area (Å²) in [6.07, 6.45) is 0. The van der Waals surface area contributed by atoms with E-state index in [2.05, 4.69) is 0 Å². The quantitative estimate of drug-likeness (QED) is 0.695. The van der Waals surface area contributed by atoms with Crippen LogP contribution >= 0.6 is 0 Å². The van der Waals surface area contributed by atoms with Crippen molar-refractivity contribution in [1.29, 1.82) is 0 Å². The highest BCUT2D eigenvalue weighted by Gasteiger charge is 2.25. The molecule has 88 valence electrons. The largest absolute Gasteiger partial charge is 0.425 e. The van der Waals surface area contributed by atoms with E-state index in [4.69, 9.17) is 4.74 Å². The van der Waals surface area contributed by atoms with Gasteiger partial charge in [0.05, 0.1) is 5.41 Å². The first-order chi connectivity index (χ1) is 7.98. The molecule has 0 radical (unpaired) electrons. The third-order valence-electron chi connectivity index (χ3n) is 2.57. The van der Waals surface area contributed by atoms with Crippen molar-refractivity contribution in [2.24, 2.45) is 5.41 Å². The molecule has 2 aliphatic carbocycles. The number of hydrogen-bond donors (Lipinski definition) is 0. The molecule has 0 aliphatic heterocycles. The zero-order valence-corrected chi connectivity index (χ0v) is 10.4. The number of esters is 1. The Morgan fingerprint density at radius 3 is 2.41 bits per heavy atom. The van der Waals surface area contributed by atoms with Gasteiger partial charge in [-0.05, 0) is 32.4 Å². The molecule has 2 nitrogen and oxygen atoms in total. The van der Waals surface area contributed by atoms with E-state index in [1.165, 1.54) is 0 Å². The molecule has 0 fully saturated rings.